The lowest BCUT2D eigenvalue weighted by molar-refractivity contribution is -0.147. The lowest BCUT2D eigenvalue weighted by Gasteiger charge is -2.31. The maximum absolute atomic E-state index is 13.8. The summed E-state index contributed by atoms with van der Waals surface area (Å²) in [6.07, 6.45) is 1.75. The van der Waals surface area contributed by atoms with Gasteiger partial charge in [0.15, 0.2) is 0 Å². The number of hydrogen-bond acceptors (Lipinski definition) is 3. The normalized spacial score (nSPS) is 20.3. The number of esters is 1. The van der Waals surface area contributed by atoms with Crippen molar-refractivity contribution in [3.05, 3.63) is 34.6 Å². The fourth-order valence-corrected chi connectivity index (χ4v) is 2.66. The van der Waals surface area contributed by atoms with E-state index in [9.17, 15) is 9.18 Å². The Labute approximate surface area is 117 Å². The average Bonchev–Trinajstić information content (AvgIpc) is 2.43. The Hall–Kier alpha value is -1.13. The summed E-state index contributed by atoms with van der Waals surface area (Å²) in [5, 5.41) is 0.138. The molecule has 1 aliphatic rings. The van der Waals surface area contributed by atoms with Gasteiger partial charge in [0.1, 0.15) is 5.82 Å². The van der Waals surface area contributed by atoms with E-state index in [4.69, 9.17) is 16.3 Å². The summed E-state index contributed by atoms with van der Waals surface area (Å²) in [6, 6.07) is 5.00. The fraction of sp³-hybridized carbons (Fsp3) is 0.500. The van der Waals surface area contributed by atoms with Gasteiger partial charge < -0.3 is 4.74 Å². The first-order valence-electron chi connectivity index (χ1n) is 6.35. The van der Waals surface area contributed by atoms with Gasteiger partial charge in [-0.05, 0) is 25.5 Å². The molecule has 0 amide bonds. The van der Waals surface area contributed by atoms with Crippen molar-refractivity contribution < 1.29 is 13.9 Å². The van der Waals surface area contributed by atoms with Gasteiger partial charge in [0.05, 0.1) is 18.1 Å². The van der Waals surface area contributed by atoms with E-state index >= 15 is 0 Å². The van der Waals surface area contributed by atoms with E-state index in [-0.39, 0.29) is 22.7 Å². The predicted molar refractivity (Wildman–Crippen MR) is 71.4 cm³/mol. The first-order chi connectivity index (χ1) is 9.11. The van der Waals surface area contributed by atoms with E-state index in [0.29, 0.717) is 18.7 Å². The number of halogens is 2. The third-order valence-electron chi connectivity index (χ3n) is 3.47. The van der Waals surface area contributed by atoms with Gasteiger partial charge in [-0.1, -0.05) is 23.7 Å². The Bertz CT molecular complexity index is 467. The SMILES string of the molecule is COC(=O)C1CCCN(Cc2cccc(Cl)c2F)C1. The minimum absolute atomic E-state index is 0.110. The summed E-state index contributed by atoms with van der Waals surface area (Å²) in [5.41, 5.74) is 0.568. The second-order valence-electron chi connectivity index (χ2n) is 4.81. The molecule has 104 valence electrons. The first kappa shape index (κ1) is 14.3. The molecule has 0 bridgehead atoms. The number of carbonyl (C=O) groups is 1. The van der Waals surface area contributed by atoms with Crippen molar-refractivity contribution in [3.63, 3.8) is 0 Å². The van der Waals surface area contributed by atoms with Gasteiger partial charge in [0.25, 0.3) is 0 Å². The van der Waals surface area contributed by atoms with Crippen LogP contribution in [0.15, 0.2) is 18.2 Å². The lowest BCUT2D eigenvalue weighted by atomic mass is 9.98. The first-order valence-corrected chi connectivity index (χ1v) is 6.72. The Morgan fingerprint density at radius 2 is 2.37 bits per heavy atom. The van der Waals surface area contributed by atoms with Crippen LogP contribution in [0.25, 0.3) is 0 Å². The maximum atomic E-state index is 13.8. The summed E-state index contributed by atoms with van der Waals surface area (Å²) in [5.74, 6) is -0.665. The van der Waals surface area contributed by atoms with Gasteiger partial charge in [-0.25, -0.2) is 4.39 Å². The molecule has 0 radical (unpaired) electrons. The molecule has 1 aromatic carbocycles. The summed E-state index contributed by atoms with van der Waals surface area (Å²) >= 11 is 5.77. The number of piperidine rings is 1. The van der Waals surface area contributed by atoms with Crippen LogP contribution in [0.5, 0.6) is 0 Å². The van der Waals surface area contributed by atoms with Crippen LogP contribution in [0.2, 0.25) is 5.02 Å². The van der Waals surface area contributed by atoms with E-state index in [1.54, 1.807) is 12.1 Å². The van der Waals surface area contributed by atoms with Crippen molar-refractivity contribution >= 4 is 17.6 Å². The highest BCUT2D eigenvalue weighted by molar-refractivity contribution is 6.30. The minimum Gasteiger partial charge on any atom is -0.469 e. The monoisotopic (exact) mass is 285 g/mol. The number of ether oxygens (including phenoxy) is 1. The standard InChI is InChI=1S/C14H17ClFNO2/c1-19-14(18)11-5-3-7-17(9-11)8-10-4-2-6-12(15)13(10)16/h2,4,6,11H,3,5,7-9H2,1H3. The molecule has 3 nitrogen and oxygen atoms in total. The molecule has 1 unspecified atom stereocenters. The summed E-state index contributed by atoms with van der Waals surface area (Å²) in [6.45, 7) is 1.94. The zero-order valence-electron chi connectivity index (χ0n) is 10.9. The van der Waals surface area contributed by atoms with E-state index in [1.165, 1.54) is 13.2 Å². The number of hydrogen-bond donors (Lipinski definition) is 0. The Balaban J connectivity index is 2.03. The molecule has 1 fully saturated rings. The largest absolute Gasteiger partial charge is 0.469 e. The van der Waals surface area contributed by atoms with Crippen LogP contribution in [0, 0.1) is 11.7 Å². The molecule has 0 aliphatic carbocycles. The van der Waals surface area contributed by atoms with Crippen LogP contribution in [0.3, 0.4) is 0 Å². The minimum atomic E-state index is -0.371. The van der Waals surface area contributed by atoms with Crippen molar-refractivity contribution in [1.29, 1.82) is 0 Å². The zero-order chi connectivity index (χ0) is 13.8. The zero-order valence-corrected chi connectivity index (χ0v) is 11.6. The molecule has 2 rings (SSSR count). The van der Waals surface area contributed by atoms with Crippen molar-refractivity contribution in [2.45, 2.75) is 19.4 Å². The number of carbonyl (C=O) groups excluding carboxylic acids is 1. The third-order valence-corrected chi connectivity index (χ3v) is 3.76. The van der Waals surface area contributed by atoms with Crippen LogP contribution < -0.4 is 0 Å². The van der Waals surface area contributed by atoms with Crippen LogP contribution in [-0.2, 0) is 16.1 Å². The van der Waals surface area contributed by atoms with Crippen molar-refractivity contribution in [1.82, 2.24) is 4.90 Å². The molecule has 1 aliphatic heterocycles. The Kier molecular flexibility index (Phi) is 4.77. The predicted octanol–water partition coefficient (Wildman–Crippen LogP) is 2.86. The van der Waals surface area contributed by atoms with Gasteiger partial charge in [0, 0.05) is 18.7 Å². The summed E-state index contributed by atoms with van der Waals surface area (Å²) < 4.78 is 18.6. The van der Waals surface area contributed by atoms with Gasteiger partial charge in [0.2, 0.25) is 0 Å². The number of benzene rings is 1. The maximum Gasteiger partial charge on any atom is 0.309 e. The summed E-state index contributed by atoms with van der Waals surface area (Å²) in [4.78, 5) is 13.6. The van der Waals surface area contributed by atoms with Crippen LogP contribution in [0.1, 0.15) is 18.4 Å². The number of nitrogens with zero attached hydrogens (tertiary/aromatic N) is 1. The van der Waals surface area contributed by atoms with Gasteiger partial charge in [-0.15, -0.1) is 0 Å². The molecule has 1 heterocycles. The van der Waals surface area contributed by atoms with Crippen LogP contribution in [0.4, 0.5) is 4.39 Å². The molecule has 19 heavy (non-hydrogen) atoms. The molecule has 0 spiro atoms. The second-order valence-corrected chi connectivity index (χ2v) is 5.22. The van der Waals surface area contributed by atoms with Gasteiger partial charge in [-0.3, -0.25) is 9.69 Å². The van der Waals surface area contributed by atoms with E-state index in [2.05, 4.69) is 4.90 Å². The van der Waals surface area contributed by atoms with Crippen LogP contribution >= 0.6 is 11.6 Å². The Morgan fingerprint density at radius 1 is 1.58 bits per heavy atom. The van der Waals surface area contributed by atoms with Crippen molar-refractivity contribution in [2.75, 3.05) is 20.2 Å². The van der Waals surface area contributed by atoms with E-state index in [0.717, 1.165) is 19.4 Å². The number of rotatable bonds is 3. The van der Waals surface area contributed by atoms with Crippen molar-refractivity contribution in [3.8, 4) is 0 Å². The van der Waals surface area contributed by atoms with E-state index < -0.39 is 0 Å². The highest BCUT2D eigenvalue weighted by Crippen LogP contribution is 2.23. The summed E-state index contributed by atoms with van der Waals surface area (Å²) in [7, 11) is 1.40. The molecular formula is C14H17ClFNO2. The topological polar surface area (TPSA) is 29.5 Å². The number of methoxy groups -OCH3 is 1. The highest BCUT2D eigenvalue weighted by Gasteiger charge is 2.26. The molecule has 0 saturated carbocycles. The molecule has 0 aromatic heterocycles. The van der Waals surface area contributed by atoms with Crippen molar-refractivity contribution in [2.24, 2.45) is 5.92 Å². The molecule has 5 heteroatoms. The molecular weight excluding hydrogens is 269 g/mol. The molecule has 1 saturated heterocycles. The average molecular weight is 286 g/mol. The molecule has 0 N–H and O–H groups in total. The van der Waals surface area contributed by atoms with Gasteiger partial charge in [-0.2, -0.15) is 0 Å². The smallest absolute Gasteiger partial charge is 0.309 e. The Morgan fingerprint density at radius 3 is 3.11 bits per heavy atom. The molecule has 1 aromatic rings. The van der Waals surface area contributed by atoms with Crippen LogP contribution in [-0.4, -0.2) is 31.1 Å². The lowest BCUT2D eigenvalue weighted by Crippen LogP contribution is -2.38. The van der Waals surface area contributed by atoms with Gasteiger partial charge >= 0.3 is 5.97 Å². The molecule has 1 atom stereocenters. The fourth-order valence-electron chi connectivity index (χ4n) is 2.47. The highest BCUT2D eigenvalue weighted by atomic mass is 35.5. The van der Waals surface area contributed by atoms with E-state index in [1.807, 2.05) is 0 Å². The number of likely N-dealkylation sites (tertiary alicyclic amines) is 1. The quantitative estimate of drug-likeness (QED) is 0.800. The second kappa shape index (κ2) is 6.35. The third kappa shape index (κ3) is 3.45.